The predicted molar refractivity (Wildman–Crippen MR) is 158 cm³/mol. The lowest BCUT2D eigenvalue weighted by atomic mass is 10.0. The summed E-state index contributed by atoms with van der Waals surface area (Å²) in [6.45, 7) is 2.26. The topological polar surface area (TPSA) is 85.1 Å². The summed E-state index contributed by atoms with van der Waals surface area (Å²) in [5.74, 6) is -0.510. The monoisotopic (exact) mass is 555 g/mol. The molecule has 0 aliphatic carbocycles. The van der Waals surface area contributed by atoms with Gasteiger partial charge in [0, 0.05) is 22.6 Å². The van der Waals surface area contributed by atoms with E-state index in [0.717, 1.165) is 29.0 Å². The van der Waals surface area contributed by atoms with Crippen LogP contribution in [0.3, 0.4) is 0 Å². The van der Waals surface area contributed by atoms with Gasteiger partial charge in [-0.25, -0.2) is 4.98 Å². The molecule has 1 aromatic heterocycles. The smallest absolute Gasteiger partial charge is 0.270 e. The number of rotatable bonds is 17. The Bertz CT molecular complexity index is 1170. The van der Waals surface area contributed by atoms with Gasteiger partial charge in [-0.3, -0.25) is 20.2 Å². The van der Waals surface area contributed by atoms with Crippen LogP contribution in [-0.2, 0) is 6.42 Å². The van der Waals surface area contributed by atoms with Gasteiger partial charge in [0.1, 0.15) is 0 Å². The molecule has 204 valence electrons. The van der Waals surface area contributed by atoms with Crippen molar-refractivity contribution in [2.24, 2.45) is 0 Å². The molecule has 0 bridgehead atoms. The maximum atomic E-state index is 12.9. The van der Waals surface area contributed by atoms with E-state index in [4.69, 9.17) is 16.6 Å². The SMILES string of the molecule is CCCCCCCCCCCCCCc1sc(NC(=O)c2cc([N+](=O)[O-])ccc2Cl)nc1-c1ccccc1. The number of carbonyl (C=O) groups is 1. The van der Waals surface area contributed by atoms with Gasteiger partial charge in [-0.05, 0) is 18.9 Å². The van der Waals surface area contributed by atoms with Gasteiger partial charge in [0.2, 0.25) is 0 Å². The molecule has 1 amide bonds. The molecular weight excluding hydrogens is 518 g/mol. The highest BCUT2D eigenvalue weighted by atomic mass is 35.5. The maximum absolute atomic E-state index is 12.9. The van der Waals surface area contributed by atoms with Crippen LogP contribution in [-0.4, -0.2) is 15.8 Å². The Kier molecular flexibility index (Phi) is 12.7. The highest BCUT2D eigenvalue weighted by molar-refractivity contribution is 7.16. The lowest BCUT2D eigenvalue weighted by Gasteiger charge is -2.04. The van der Waals surface area contributed by atoms with Crippen molar-refractivity contribution in [1.29, 1.82) is 0 Å². The van der Waals surface area contributed by atoms with Crippen LogP contribution in [0.4, 0.5) is 10.8 Å². The molecule has 38 heavy (non-hydrogen) atoms. The van der Waals surface area contributed by atoms with E-state index in [-0.39, 0.29) is 16.3 Å². The van der Waals surface area contributed by atoms with Gasteiger partial charge in [0.25, 0.3) is 11.6 Å². The normalized spacial score (nSPS) is 11.0. The van der Waals surface area contributed by atoms with E-state index < -0.39 is 10.8 Å². The van der Waals surface area contributed by atoms with Crippen LogP contribution in [0.25, 0.3) is 11.3 Å². The second-order valence-corrected chi connectivity index (χ2v) is 11.2. The molecule has 0 unspecified atom stereocenters. The van der Waals surface area contributed by atoms with Crippen molar-refractivity contribution in [3.05, 3.63) is 74.1 Å². The number of aryl methyl sites for hydroxylation is 1. The molecule has 0 spiro atoms. The van der Waals surface area contributed by atoms with E-state index in [9.17, 15) is 14.9 Å². The summed E-state index contributed by atoms with van der Waals surface area (Å²) in [7, 11) is 0. The number of thiazole rings is 1. The Labute approximate surface area is 235 Å². The number of hydrogen-bond donors (Lipinski definition) is 1. The molecular formula is C30H38ClN3O3S. The third-order valence-electron chi connectivity index (χ3n) is 6.63. The highest BCUT2D eigenvalue weighted by Crippen LogP contribution is 2.33. The quantitative estimate of drug-likeness (QED) is 0.102. The summed E-state index contributed by atoms with van der Waals surface area (Å²) in [5, 5.41) is 14.6. The zero-order valence-electron chi connectivity index (χ0n) is 22.2. The van der Waals surface area contributed by atoms with E-state index in [1.807, 2.05) is 30.3 Å². The maximum Gasteiger partial charge on any atom is 0.270 e. The van der Waals surface area contributed by atoms with Crippen molar-refractivity contribution in [2.45, 2.75) is 90.4 Å². The summed E-state index contributed by atoms with van der Waals surface area (Å²) in [6, 6.07) is 13.8. The summed E-state index contributed by atoms with van der Waals surface area (Å²) in [4.78, 5) is 29.3. The Balaban J connectivity index is 1.54. The first-order chi connectivity index (χ1) is 18.5. The molecule has 1 heterocycles. The van der Waals surface area contributed by atoms with Crippen molar-refractivity contribution in [2.75, 3.05) is 5.32 Å². The standard InChI is InChI=1S/C30H38ClN3O3S/c1-2-3-4-5-6-7-8-9-10-11-12-16-19-27-28(23-17-14-13-15-18-23)32-30(38-27)33-29(35)25-22-24(34(36)37)20-21-26(25)31/h13-15,17-18,20-22H,2-12,16,19H2,1H3,(H,32,33,35). The number of carbonyl (C=O) groups excluding carboxylic acids is 1. The fourth-order valence-electron chi connectivity index (χ4n) is 4.49. The number of nitro groups is 1. The Morgan fingerprint density at radius 1 is 0.921 bits per heavy atom. The van der Waals surface area contributed by atoms with E-state index in [2.05, 4.69) is 12.2 Å². The minimum Gasteiger partial charge on any atom is -0.298 e. The van der Waals surface area contributed by atoms with Crippen molar-refractivity contribution in [1.82, 2.24) is 4.98 Å². The molecule has 3 aromatic rings. The average Bonchev–Trinajstić information content (AvgIpc) is 3.32. The van der Waals surface area contributed by atoms with Gasteiger partial charge in [-0.1, -0.05) is 119 Å². The third-order valence-corrected chi connectivity index (χ3v) is 7.99. The van der Waals surface area contributed by atoms with Crippen LogP contribution in [0.1, 0.15) is 99.2 Å². The molecule has 0 aliphatic rings. The minimum atomic E-state index is -0.545. The predicted octanol–water partition coefficient (Wildman–Crippen LogP) is 9.87. The highest BCUT2D eigenvalue weighted by Gasteiger charge is 2.19. The van der Waals surface area contributed by atoms with Gasteiger partial charge in [0.15, 0.2) is 5.13 Å². The Morgan fingerprint density at radius 3 is 2.13 bits per heavy atom. The van der Waals surface area contributed by atoms with Crippen molar-refractivity contribution in [3.63, 3.8) is 0 Å². The molecule has 0 saturated carbocycles. The van der Waals surface area contributed by atoms with Crippen LogP contribution >= 0.6 is 22.9 Å². The summed E-state index contributed by atoms with van der Waals surface area (Å²) >= 11 is 7.61. The zero-order chi connectivity index (χ0) is 27.2. The lowest BCUT2D eigenvalue weighted by Crippen LogP contribution is -2.12. The van der Waals surface area contributed by atoms with Crippen molar-refractivity contribution in [3.8, 4) is 11.3 Å². The number of halogens is 1. The fraction of sp³-hybridized carbons (Fsp3) is 0.467. The number of non-ortho nitro benzene ring substituents is 1. The first kappa shape index (κ1) is 29.8. The van der Waals surface area contributed by atoms with Crippen molar-refractivity contribution >= 4 is 39.7 Å². The summed E-state index contributed by atoms with van der Waals surface area (Å²) in [5.41, 5.74) is 1.75. The molecule has 8 heteroatoms. The van der Waals surface area contributed by atoms with Gasteiger partial charge < -0.3 is 0 Å². The summed E-state index contributed by atoms with van der Waals surface area (Å²) < 4.78 is 0. The van der Waals surface area contributed by atoms with E-state index in [1.54, 1.807) is 0 Å². The second kappa shape index (κ2) is 16.2. The molecule has 3 rings (SSSR count). The van der Waals surface area contributed by atoms with Crippen LogP contribution in [0.5, 0.6) is 0 Å². The van der Waals surface area contributed by atoms with Gasteiger partial charge in [-0.2, -0.15) is 0 Å². The van der Waals surface area contributed by atoms with E-state index in [1.165, 1.54) is 100 Å². The number of benzene rings is 2. The first-order valence-electron chi connectivity index (χ1n) is 13.8. The van der Waals surface area contributed by atoms with Gasteiger partial charge >= 0.3 is 0 Å². The number of nitrogens with zero attached hydrogens (tertiary/aromatic N) is 2. The second-order valence-electron chi connectivity index (χ2n) is 9.67. The van der Waals surface area contributed by atoms with E-state index >= 15 is 0 Å². The summed E-state index contributed by atoms with van der Waals surface area (Å²) in [6.07, 6.45) is 16.5. The number of unbranched alkanes of at least 4 members (excludes halogenated alkanes) is 11. The number of nitrogens with one attached hydrogen (secondary N) is 1. The molecule has 0 radical (unpaired) electrons. The number of aromatic nitrogens is 1. The zero-order valence-corrected chi connectivity index (χ0v) is 23.8. The molecule has 0 fully saturated rings. The van der Waals surface area contributed by atoms with Gasteiger partial charge in [0.05, 0.1) is 21.2 Å². The van der Waals surface area contributed by atoms with E-state index in [0.29, 0.717) is 5.13 Å². The fourth-order valence-corrected chi connectivity index (χ4v) is 5.71. The first-order valence-corrected chi connectivity index (χ1v) is 15.0. The Hall–Kier alpha value is -2.77. The number of amides is 1. The number of hydrogen-bond acceptors (Lipinski definition) is 5. The number of anilines is 1. The minimum absolute atomic E-state index is 0.0554. The lowest BCUT2D eigenvalue weighted by molar-refractivity contribution is -0.384. The van der Waals surface area contributed by atoms with Crippen LogP contribution in [0.15, 0.2) is 48.5 Å². The molecule has 6 nitrogen and oxygen atoms in total. The molecule has 0 atom stereocenters. The average molecular weight is 556 g/mol. The van der Waals surface area contributed by atoms with Crippen molar-refractivity contribution < 1.29 is 9.72 Å². The Morgan fingerprint density at radius 2 is 1.53 bits per heavy atom. The van der Waals surface area contributed by atoms with Crippen LogP contribution in [0.2, 0.25) is 5.02 Å². The molecule has 2 aromatic carbocycles. The van der Waals surface area contributed by atoms with Crippen LogP contribution < -0.4 is 5.32 Å². The molecule has 0 saturated heterocycles. The van der Waals surface area contributed by atoms with Crippen LogP contribution in [0, 0.1) is 10.1 Å². The molecule has 0 aliphatic heterocycles. The van der Waals surface area contributed by atoms with Gasteiger partial charge in [-0.15, -0.1) is 11.3 Å². The number of nitro benzene ring substituents is 1. The molecule has 1 N–H and O–H groups in total. The largest absolute Gasteiger partial charge is 0.298 e. The third kappa shape index (κ3) is 9.52.